The average Bonchev–Trinajstić information content (AvgIpc) is 3.16. The second-order valence-electron chi connectivity index (χ2n) is 5.21. The summed E-state index contributed by atoms with van der Waals surface area (Å²) in [4.78, 5) is 13.1. The quantitative estimate of drug-likeness (QED) is 0.725. The zero-order valence-corrected chi connectivity index (χ0v) is 15.8. The Kier molecular flexibility index (Phi) is 6.40. The van der Waals surface area contributed by atoms with Gasteiger partial charge in [0.25, 0.3) is 5.91 Å². The molecule has 126 valence electrons. The maximum absolute atomic E-state index is 12.0. The van der Waals surface area contributed by atoms with Gasteiger partial charge in [-0.05, 0) is 48.2 Å². The molecular formula is C18H19NO2S3. The van der Waals surface area contributed by atoms with Crippen LogP contribution in [0, 0.1) is 0 Å². The summed E-state index contributed by atoms with van der Waals surface area (Å²) in [5, 5.41) is 2.84. The van der Waals surface area contributed by atoms with Crippen LogP contribution in [0.2, 0.25) is 0 Å². The van der Waals surface area contributed by atoms with E-state index in [4.69, 9.17) is 4.74 Å². The lowest BCUT2D eigenvalue weighted by molar-refractivity contribution is -0.118. The highest BCUT2D eigenvalue weighted by atomic mass is 32.2. The van der Waals surface area contributed by atoms with Crippen LogP contribution in [0.25, 0.3) is 0 Å². The number of carbonyl (C=O) groups is 1. The molecule has 6 heteroatoms. The Morgan fingerprint density at radius 2 is 1.79 bits per heavy atom. The Hall–Kier alpha value is -1.24. The van der Waals surface area contributed by atoms with Crippen LogP contribution in [0.5, 0.6) is 5.75 Å². The highest BCUT2D eigenvalue weighted by Crippen LogP contribution is 2.45. The van der Waals surface area contributed by atoms with Gasteiger partial charge in [-0.15, -0.1) is 35.3 Å². The van der Waals surface area contributed by atoms with Crippen molar-refractivity contribution in [2.45, 2.75) is 9.48 Å². The number of nitrogens with one attached hydrogen (secondary N) is 1. The van der Waals surface area contributed by atoms with Crippen LogP contribution in [-0.4, -0.2) is 30.3 Å². The van der Waals surface area contributed by atoms with Crippen molar-refractivity contribution in [2.75, 3.05) is 29.7 Å². The number of benzene rings is 2. The van der Waals surface area contributed by atoms with Crippen molar-refractivity contribution >= 4 is 46.9 Å². The fourth-order valence-electron chi connectivity index (χ4n) is 2.29. The fourth-order valence-corrected chi connectivity index (χ4v) is 5.56. The lowest BCUT2D eigenvalue weighted by Crippen LogP contribution is -2.20. The molecule has 24 heavy (non-hydrogen) atoms. The smallest absolute Gasteiger partial charge is 0.262 e. The number of thioether (sulfide) groups is 3. The van der Waals surface area contributed by atoms with E-state index in [0.29, 0.717) is 4.58 Å². The molecule has 1 fully saturated rings. The molecule has 1 amide bonds. The predicted molar refractivity (Wildman–Crippen MR) is 106 cm³/mol. The Bertz CT molecular complexity index is 668. The van der Waals surface area contributed by atoms with Crippen molar-refractivity contribution in [1.29, 1.82) is 0 Å². The van der Waals surface area contributed by atoms with Crippen molar-refractivity contribution in [2.24, 2.45) is 0 Å². The molecule has 1 aliphatic rings. The van der Waals surface area contributed by atoms with Gasteiger partial charge >= 0.3 is 0 Å². The standard InChI is InChI=1S/C18H19NO2S3/c1-22-16-8-4-14(5-9-16)19-17(20)12-21-15-6-2-13(3-7-15)18-23-10-11-24-18/h2-9,18H,10-12H2,1H3,(H,19,20). The SMILES string of the molecule is CSc1ccc(NC(=O)COc2ccc(C3SCCS3)cc2)cc1. The Morgan fingerprint density at radius 1 is 1.12 bits per heavy atom. The van der Waals surface area contributed by atoms with E-state index in [1.165, 1.54) is 22.0 Å². The van der Waals surface area contributed by atoms with E-state index in [9.17, 15) is 4.79 Å². The summed E-state index contributed by atoms with van der Waals surface area (Å²) < 4.78 is 6.11. The Labute approximate surface area is 155 Å². The number of ether oxygens (including phenoxy) is 1. The highest BCUT2D eigenvalue weighted by molar-refractivity contribution is 8.19. The molecular weight excluding hydrogens is 358 g/mol. The molecule has 1 heterocycles. The first-order valence-electron chi connectivity index (χ1n) is 7.64. The van der Waals surface area contributed by atoms with Gasteiger partial charge in [0, 0.05) is 22.1 Å². The number of carbonyl (C=O) groups excluding carboxylic acids is 1. The first kappa shape index (κ1) is 17.6. The van der Waals surface area contributed by atoms with Gasteiger partial charge in [-0.25, -0.2) is 0 Å². The zero-order valence-electron chi connectivity index (χ0n) is 13.4. The van der Waals surface area contributed by atoms with Crippen molar-refractivity contribution < 1.29 is 9.53 Å². The maximum atomic E-state index is 12.0. The van der Waals surface area contributed by atoms with Gasteiger partial charge in [0.2, 0.25) is 0 Å². The third kappa shape index (κ3) is 4.88. The van der Waals surface area contributed by atoms with E-state index in [0.717, 1.165) is 11.4 Å². The summed E-state index contributed by atoms with van der Waals surface area (Å²) in [6.45, 7) is 0.0105. The van der Waals surface area contributed by atoms with Gasteiger partial charge in [-0.3, -0.25) is 4.79 Å². The Balaban J connectivity index is 1.48. The van der Waals surface area contributed by atoms with Crippen LogP contribution in [-0.2, 0) is 4.79 Å². The van der Waals surface area contributed by atoms with Crippen molar-refractivity contribution in [3.05, 3.63) is 54.1 Å². The molecule has 1 aliphatic heterocycles. The molecule has 2 aromatic carbocycles. The normalized spacial score (nSPS) is 14.5. The van der Waals surface area contributed by atoms with E-state index in [1.807, 2.05) is 66.2 Å². The van der Waals surface area contributed by atoms with Gasteiger partial charge in [0.15, 0.2) is 6.61 Å². The topological polar surface area (TPSA) is 38.3 Å². The van der Waals surface area contributed by atoms with Crippen molar-refractivity contribution in [3.8, 4) is 5.75 Å². The van der Waals surface area contributed by atoms with Gasteiger partial charge < -0.3 is 10.1 Å². The van der Waals surface area contributed by atoms with E-state index < -0.39 is 0 Å². The lowest BCUT2D eigenvalue weighted by Gasteiger charge is -2.10. The van der Waals surface area contributed by atoms with Crippen LogP contribution < -0.4 is 10.1 Å². The molecule has 0 aromatic heterocycles. The first-order valence-corrected chi connectivity index (χ1v) is 11.0. The average molecular weight is 378 g/mol. The molecule has 0 saturated carbocycles. The summed E-state index contributed by atoms with van der Waals surface area (Å²) in [6, 6.07) is 15.8. The second-order valence-corrected chi connectivity index (χ2v) is 8.81. The number of hydrogen-bond acceptors (Lipinski definition) is 5. The number of anilines is 1. The molecule has 0 aliphatic carbocycles. The molecule has 0 unspecified atom stereocenters. The zero-order chi connectivity index (χ0) is 16.8. The molecule has 0 atom stereocenters. The van der Waals surface area contributed by atoms with Gasteiger partial charge in [0.1, 0.15) is 5.75 Å². The minimum absolute atomic E-state index is 0.0105. The van der Waals surface area contributed by atoms with E-state index in [-0.39, 0.29) is 12.5 Å². The molecule has 3 nitrogen and oxygen atoms in total. The summed E-state index contributed by atoms with van der Waals surface area (Å²) in [6.07, 6.45) is 2.02. The van der Waals surface area contributed by atoms with E-state index in [1.54, 1.807) is 11.8 Å². The van der Waals surface area contributed by atoms with Gasteiger partial charge in [0.05, 0.1) is 4.58 Å². The minimum Gasteiger partial charge on any atom is -0.484 e. The maximum Gasteiger partial charge on any atom is 0.262 e. The van der Waals surface area contributed by atoms with Gasteiger partial charge in [-0.1, -0.05) is 12.1 Å². The van der Waals surface area contributed by atoms with E-state index in [2.05, 4.69) is 17.4 Å². The number of amides is 1. The third-order valence-electron chi connectivity index (χ3n) is 3.52. The minimum atomic E-state index is -0.155. The molecule has 1 N–H and O–H groups in total. The predicted octanol–water partition coefficient (Wildman–Crippen LogP) is 4.90. The molecule has 3 rings (SSSR count). The number of hydrogen-bond donors (Lipinski definition) is 1. The molecule has 0 spiro atoms. The van der Waals surface area contributed by atoms with Gasteiger partial charge in [-0.2, -0.15) is 0 Å². The summed E-state index contributed by atoms with van der Waals surface area (Å²) in [7, 11) is 0. The second kappa shape index (κ2) is 8.74. The van der Waals surface area contributed by atoms with Crippen LogP contribution in [0.4, 0.5) is 5.69 Å². The van der Waals surface area contributed by atoms with E-state index >= 15 is 0 Å². The summed E-state index contributed by atoms with van der Waals surface area (Å²) >= 11 is 5.63. The first-order chi connectivity index (χ1) is 11.7. The van der Waals surface area contributed by atoms with Crippen LogP contribution in [0.1, 0.15) is 10.1 Å². The lowest BCUT2D eigenvalue weighted by atomic mass is 10.2. The van der Waals surface area contributed by atoms with Crippen molar-refractivity contribution in [1.82, 2.24) is 0 Å². The molecule has 0 bridgehead atoms. The third-order valence-corrected chi connectivity index (χ3v) is 7.37. The Morgan fingerprint density at radius 3 is 2.42 bits per heavy atom. The largest absolute Gasteiger partial charge is 0.484 e. The summed E-state index contributed by atoms with van der Waals surface area (Å²) in [5.74, 6) is 3.00. The van der Waals surface area contributed by atoms with Crippen LogP contribution >= 0.6 is 35.3 Å². The fraction of sp³-hybridized carbons (Fsp3) is 0.278. The summed E-state index contributed by atoms with van der Waals surface area (Å²) in [5.41, 5.74) is 2.10. The monoisotopic (exact) mass is 377 g/mol. The number of rotatable bonds is 6. The molecule has 1 saturated heterocycles. The highest BCUT2D eigenvalue weighted by Gasteiger charge is 2.17. The molecule has 0 radical (unpaired) electrons. The van der Waals surface area contributed by atoms with Crippen LogP contribution in [0.15, 0.2) is 53.4 Å². The van der Waals surface area contributed by atoms with Crippen molar-refractivity contribution in [3.63, 3.8) is 0 Å². The van der Waals surface area contributed by atoms with Crippen LogP contribution in [0.3, 0.4) is 0 Å². The molecule has 2 aromatic rings.